The van der Waals surface area contributed by atoms with Crippen molar-refractivity contribution in [2.45, 2.75) is 55.7 Å². The van der Waals surface area contributed by atoms with E-state index in [4.69, 9.17) is 9.47 Å². The lowest BCUT2D eigenvalue weighted by Crippen LogP contribution is -2.36. The van der Waals surface area contributed by atoms with E-state index in [-0.39, 0.29) is 12.0 Å². The van der Waals surface area contributed by atoms with Crippen molar-refractivity contribution in [1.82, 2.24) is 0 Å². The largest absolute Gasteiger partial charge is 0.494 e. The number of carbonyl (C=O) groups is 2. The van der Waals surface area contributed by atoms with Gasteiger partial charge < -0.3 is 14.8 Å². The van der Waals surface area contributed by atoms with Crippen molar-refractivity contribution >= 4 is 35.1 Å². The predicted octanol–water partition coefficient (Wildman–Crippen LogP) is 9.00. The lowest BCUT2D eigenvalue weighted by molar-refractivity contribution is -0.134. The maximum absolute atomic E-state index is 13.6. The summed E-state index contributed by atoms with van der Waals surface area (Å²) in [6, 6.07) is 32.9. The van der Waals surface area contributed by atoms with Crippen LogP contribution in [0.1, 0.15) is 45.1 Å². The fraction of sp³-hybridized carbons (Fsp3) is 0.257. The summed E-state index contributed by atoms with van der Waals surface area (Å²) in [7, 11) is 0. The van der Waals surface area contributed by atoms with Gasteiger partial charge in [0.05, 0.1) is 6.61 Å². The first-order chi connectivity index (χ1) is 20.5. The molecule has 0 atom stereocenters. The van der Waals surface area contributed by atoms with E-state index in [1.807, 2.05) is 85.8 Å². The topological polar surface area (TPSA) is 67.9 Å². The van der Waals surface area contributed by atoms with Crippen molar-refractivity contribution in [3.05, 3.63) is 109 Å². The Morgan fingerprint density at radius 1 is 0.786 bits per heavy atom. The van der Waals surface area contributed by atoms with E-state index in [1.165, 1.54) is 0 Å². The van der Waals surface area contributed by atoms with Crippen molar-refractivity contribution in [1.29, 1.82) is 0 Å². The predicted molar refractivity (Wildman–Crippen MR) is 171 cm³/mol. The van der Waals surface area contributed by atoms with Crippen molar-refractivity contribution in [3.8, 4) is 11.5 Å². The zero-order chi connectivity index (χ0) is 29.6. The summed E-state index contributed by atoms with van der Waals surface area (Å²) in [5, 5.41) is 3.05. The quantitative estimate of drug-likeness (QED) is 0.0913. The summed E-state index contributed by atoms with van der Waals surface area (Å²) in [5.74, 6) is 1.10. The fourth-order valence-electron chi connectivity index (χ4n) is 4.21. The normalized spacial score (nSPS) is 10.6. The summed E-state index contributed by atoms with van der Waals surface area (Å²) < 4.78 is 11.1. The van der Waals surface area contributed by atoms with Crippen LogP contribution in [0.15, 0.2) is 113 Å². The summed E-state index contributed by atoms with van der Waals surface area (Å²) in [6.07, 6.45) is 3.95. The molecule has 0 aliphatic heterocycles. The van der Waals surface area contributed by atoms with Crippen LogP contribution in [0.3, 0.4) is 0 Å². The Hall–Kier alpha value is -4.23. The van der Waals surface area contributed by atoms with Gasteiger partial charge in [-0.1, -0.05) is 68.4 Å². The molecule has 4 rings (SSSR count). The highest BCUT2D eigenvalue weighted by atomic mass is 32.2. The second-order valence-corrected chi connectivity index (χ2v) is 11.0. The number of esters is 1. The van der Waals surface area contributed by atoms with E-state index < -0.39 is 0 Å². The monoisotopic (exact) mass is 582 g/mol. The zero-order valence-electron chi connectivity index (χ0n) is 24.3. The number of nitrogens with one attached hydrogen (secondary N) is 1. The molecule has 218 valence electrons. The van der Waals surface area contributed by atoms with Gasteiger partial charge in [-0.05, 0) is 91.6 Å². The molecular formula is C35H38N2O4S. The molecule has 42 heavy (non-hydrogen) atoms. The van der Waals surface area contributed by atoms with E-state index >= 15 is 0 Å². The second-order valence-electron chi connectivity index (χ2n) is 9.84. The van der Waals surface area contributed by atoms with Gasteiger partial charge in [-0.2, -0.15) is 0 Å². The Labute approximate surface area is 253 Å². The number of carbonyl (C=O) groups excluding carboxylic acids is 2. The van der Waals surface area contributed by atoms with Crippen LogP contribution >= 0.6 is 11.8 Å². The number of ether oxygens (including phenoxy) is 2. The van der Waals surface area contributed by atoms with Crippen LogP contribution in [-0.2, 0) is 11.2 Å². The molecule has 0 saturated heterocycles. The van der Waals surface area contributed by atoms with Gasteiger partial charge in [0.15, 0.2) is 0 Å². The number of urea groups is 1. The van der Waals surface area contributed by atoms with E-state index in [0.717, 1.165) is 46.1 Å². The maximum Gasteiger partial charge on any atom is 0.326 e. The Morgan fingerprint density at radius 2 is 1.52 bits per heavy atom. The first-order valence-corrected chi connectivity index (χ1v) is 15.3. The van der Waals surface area contributed by atoms with Crippen LogP contribution in [0.2, 0.25) is 0 Å². The Kier molecular flexibility index (Phi) is 11.9. The van der Waals surface area contributed by atoms with Crippen LogP contribution in [0.4, 0.5) is 16.2 Å². The third kappa shape index (κ3) is 9.70. The number of hydrogen-bond acceptors (Lipinski definition) is 5. The average molecular weight is 583 g/mol. The number of nitrogens with zero attached hydrogens (tertiary/aromatic N) is 1. The zero-order valence-corrected chi connectivity index (χ0v) is 25.1. The SMILES string of the molecule is CCCCOc1ccc(NC(=O)N(CCc2ccccc2)c2cccc(Sc3ccc(OC(=O)CCC)cc3)c2)cc1. The second kappa shape index (κ2) is 16.3. The van der Waals surface area contributed by atoms with Gasteiger partial charge in [-0.3, -0.25) is 9.69 Å². The van der Waals surface area contributed by atoms with Gasteiger partial charge in [0.25, 0.3) is 0 Å². The summed E-state index contributed by atoms with van der Waals surface area (Å²) >= 11 is 1.58. The minimum atomic E-state index is -0.226. The van der Waals surface area contributed by atoms with Crippen LogP contribution in [0, 0.1) is 0 Å². The molecule has 0 spiro atoms. The summed E-state index contributed by atoms with van der Waals surface area (Å²) in [6.45, 7) is 5.27. The number of amides is 2. The summed E-state index contributed by atoms with van der Waals surface area (Å²) in [4.78, 5) is 29.2. The molecule has 0 aliphatic carbocycles. The highest BCUT2D eigenvalue weighted by molar-refractivity contribution is 7.99. The van der Waals surface area contributed by atoms with Gasteiger partial charge in [-0.25, -0.2) is 4.79 Å². The molecule has 0 unspecified atom stereocenters. The van der Waals surface area contributed by atoms with E-state index in [2.05, 4.69) is 24.4 Å². The smallest absolute Gasteiger partial charge is 0.326 e. The van der Waals surface area contributed by atoms with E-state index in [0.29, 0.717) is 37.4 Å². The highest BCUT2D eigenvalue weighted by Crippen LogP contribution is 2.32. The molecule has 7 heteroatoms. The number of anilines is 2. The lowest BCUT2D eigenvalue weighted by Gasteiger charge is -2.24. The van der Waals surface area contributed by atoms with Gasteiger partial charge in [0, 0.05) is 34.1 Å². The fourth-order valence-corrected chi connectivity index (χ4v) is 5.08. The van der Waals surface area contributed by atoms with Crippen molar-refractivity contribution in [2.24, 2.45) is 0 Å². The number of benzene rings is 4. The van der Waals surface area contributed by atoms with Gasteiger partial charge in [0.2, 0.25) is 0 Å². The maximum atomic E-state index is 13.6. The molecule has 0 aromatic heterocycles. The van der Waals surface area contributed by atoms with Crippen LogP contribution in [0.5, 0.6) is 11.5 Å². The molecule has 0 saturated carbocycles. The van der Waals surface area contributed by atoms with Gasteiger partial charge in [0.1, 0.15) is 11.5 Å². The molecule has 0 aliphatic rings. The van der Waals surface area contributed by atoms with Crippen molar-refractivity contribution in [2.75, 3.05) is 23.4 Å². The molecule has 0 heterocycles. The van der Waals surface area contributed by atoms with Crippen molar-refractivity contribution in [3.63, 3.8) is 0 Å². The molecule has 2 amide bonds. The minimum Gasteiger partial charge on any atom is -0.494 e. The Morgan fingerprint density at radius 3 is 2.24 bits per heavy atom. The first-order valence-electron chi connectivity index (χ1n) is 14.5. The first kappa shape index (κ1) is 30.7. The van der Waals surface area contributed by atoms with Crippen LogP contribution in [0.25, 0.3) is 0 Å². The van der Waals surface area contributed by atoms with Gasteiger partial charge in [-0.15, -0.1) is 0 Å². The molecule has 0 radical (unpaired) electrons. The standard InChI is InChI=1S/C35H38N2O4S/c1-3-5-25-40-30-17-15-28(16-18-30)36-35(39)37(24-23-27-11-7-6-8-12-27)29-13-9-14-33(26-29)42-32-21-19-31(20-22-32)41-34(38)10-4-2/h6-9,11-22,26H,3-5,10,23-25H2,1-2H3,(H,36,39). The molecule has 6 nitrogen and oxygen atoms in total. The van der Waals surface area contributed by atoms with E-state index in [9.17, 15) is 9.59 Å². The van der Waals surface area contributed by atoms with Crippen LogP contribution in [-0.4, -0.2) is 25.2 Å². The van der Waals surface area contributed by atoms with Crippen LogP contribution < -0.4 is 19.7 Å². The molecule has 0 bridgehead atoms. The molecule has 1 N–H and O–H groups in total. The lowest BCUT2D eigenvalue weighted by atomic mass is 10.1. The Balaban J connectivity index is 1.47. The minimum absolute atomic E-state index is 0.203. The molecular weight excluding hydrogens is 544 g/mol. The number of hydrogen-bond donors (Lipinski definition) is 1. The Bertz CT molecular complexity index is 1410. The van der Waals surface area contributed by atoms with E-state index in [1.54, 1.807) is 28.8 Å². The van der Waals surface area contributed by atoms with Gasteiger partial charge >= 0.3 is 12.0 Å². The number of rotatable bonds is 14. The average Bonchev–Trinajstić information content (AvgIpc) is 3.00. The molecule has 0 fully saturated rings. The van der Waals surface area contributed by atoms with Crippen molar-refractivity contribution < 1.29 is 19.1 Å². The molecule has 4 aromatic carbocycles. The summed E-state index contributed by atoms with van der Waals surface area (Å²) in [5.41, 5.74) is 2.67. The third-order valence-electron chi connectivity index (χ3n) is 6.46. The third-order valence-corrected chi connectivity index (χ3v) is 7.46. The molecule has 4 aromatic rings. The number of unbranched alkanes of at least 4 members (excludes halogenated alkanes) is 1. The highest BCUT2D eigenvalue weighted by Gasteiger charge is 2.17.